The molecule has 4 aliphatic rings. The van der Waals surface area contributed by atoms with Gasteiger partial charge in [-0.25, -0.2) is 9.59 Å². The topological polar surface area (TPSA) is 151 Å². The Bertz CT molecular complexity index is 1540. The fourth-order valence-electron chi connectivity index (χ4n) is 7.56. The molecular formula is C34H42N2O11. The summed E-state index contributed by atoms with van der Waals surface area (Å²) in [5.41, 5.74) is 1.43. The second-order valence-corrected chi connectivity index (χ2v) is 13.9. The quantitative estimate of drug-likeness (QED) is 0.323. The Balaban J connectivity index is 1.22. The minimum absolute atomic E-state index is 0.0249. The van der Waals surface area contributed by atoms with E-state index in [0.717, 1.165) is 11.1 Å². The second kappa shape index (κ2) is 12.1. The highest BCUT2D eigenvalue weighted by Crippen LogP contribution is 2.52. The number of piperidine rings is 1. The number of benzene rings is 2. The average Bonchev–Trinajstić information content (AvgIpc) is 3.62. The molecule has 0 radical (unpaired) electrons. The summed E-state index contributed by atoms with van der Waals surface area (Å²) >= 11 is 0. The number of hydroxylamine groups is 2. The number of amides is 1. The Morgan fingerprint density at radius 1 is 0.979 bits per heavy atom. The molecule has 2 fully saturated rings. The fraction of sp³-hybridized carbons (Fsp3) is 0.559. The van der Waals surface area contributed by atoms with E-state index in [1.807, 2.05) is 39.8 Å². The summed E-state index contributed by atoms with van der Waals surface area (Å²) in [5, 5.41) is 14.4. The first-order valence-electron chi connectivity index (χ1n) is 15.8. The van der Waals surface area contributed by atoms with E-state index in [9.17, 15) is 19.6 Å². The molecule has 2 aromatic rings. The number of cyclic esters (lactones) is 1. The van der Waals surface area contributed by atoms with Gasteiger partial charge in [-0.2, -0.15) is 5.06 Å². The summed E-state index contributed by atoms with van der Waals surface area (Å²) in [4.78, 5) is 39.1. The van der Waals surface area contributed by atoms with Crippen molar-refractivity contribution >= 4 is 18.0 Å². The van der Waals surface area contributed by atoms with Crippen LogP contribution in [0.1, 0.15) is 70.1 Å². The van der Waals surface area contributed by atoms with Crippen LogP contribution >= 0.6 is 0 Å². The van der Waals surface area contributed by atoms with Crippen LogP contribution in [-0.2, 0) is 25.5 Å². The Labute approximate surface area is 273 Å². The number of alkyl carbamates (subject to hydrolysis) is 1. The highest BCUT2D eigenvalue weighted by molar-refractivity contribution is 5.84. The van der Waals surface area contributed by atoms with Gasteiger partial charge in [0.2, 0.25) is 12.5 Å². The lowest BCUT2D eigenvalue weighted by Crippen LogP contribution is -2.61. The maximum atomic E-state index is 13.2. The summed E-state index contributed by atoms with van der Waals surface area (Å²) in [5.74, 6) is -0.230. The van der Waals surface area contributed by atoms with Gasteiger partial charge >= 0.3 is 18.0 Å². The average molecular weight is 655 g/mol. The van der Waals surface area contributed by atoms with Gasteiger partial charge < -0.3 is 43.7 Å². The zero-order valence-corrected chi connectivity index (χ0v) is 27.7. The maximum Gasteiger partial charge on any atom is 0.408 e. The lowest BCUT2D eigenvalue weighted by molar-refractivity contribution is -0.256. The molecule has 0 spiro atoms. The number of nitrogens with zero attached hydrogens (tertiary/aromatic N) is 1. The smallest absolute Gasteiger partial charge is 0.408 e. The second-order valence-electron chi connectivity index (χ2n) is 13.9. The molecule has 4 atom stereocenters. The van der Waals surface area contributed by atoms with Crippen molar-refractivity contribution in [1.82, 2.24) is 10.4 Å². The standard InChI is InChI=1S/C34H42N2O11/c1-17(35-32(39)46-21-13-33(2,3)36(40)34(4,5)14-21)30(37)47-29-25(41-6)10-19(11-26(29)42-7)27-22-12-24-23(44-16-45-24)9-18(22)8-20-15-43-31(38)28(20)27/h9-12,17,20-21,27-28,40H,8,13-16H2,1-7H3,(H,35,39)/t17-,20-,27+,28-/m0/s1. The predicted octanol–water partition coefficient (Wildman–Crippen LogP) is 4.34. The summed E-state index contributed by atoms with van der Waals surface area (Å²) in [6.45, 7) is 9.41. The largest absolute Gasteiger partial charge is 0.493 e. The van der Waals surface area contributed by atoms with Crippen molar-refractivity contribution in [3.63, 3.8) is 0 Å². The number of esters is 2. The van der Waals surface area contributed by atoms with Gasteiger partial charge in [0.15, 0.2) is 23.0 Å². The molecule has 2 saturated heterocycles. The lowest BCUT2D eigenvalue weighted by atomic mass is 9.67. The molecule has 1 amide bonds. The van der Waals surface area contributed by atoms with Gasteiger partial charge in [-0.1, -0.05) is 0 Å². The lowest BCUT2D eigenvalue weighted by Gasteiger charge is -2.50. The van der Waals surface area contributed by atoms with Crippen molar-refractivity contribution in [2.75, 3.05) is 27.6 Å². The third kappa shape index (κ3) is 6.02. The number of carbonyl (C=O) groups excluding carboxylic acids is 3. The van der Waals surface area contributed by atoms with Gasteiger partial charge in [0.25, 0.3) is 0 Å². The minimum atomic E-state index is -1.08. The summed E-state index contributed by atoms with van der Waals surface area (Å²) in [7, 11) is 2.88. The number of ether oxygens (including phenoxy) is 7. The van der Waals surface area contributed by atoms with E-state index in [1.165, 1.54) is 26.2 Å². The monoisotopic (exact) mass is 654 g/mol. The summed E-state index contributed by atoms with van der Waals surface area (Å²) in [6, 6.07) is 6.24. The van der Waals surface area contributed by atoms with Crippen LogP contribution in [0, 0.1) is 11.8 Å². The molecule has 6 rings (SSSR count). The molecule has 0 unspecified atom stereocenters. The van der Waals surface area contributed by atoms with E-state index in [2.05, 4.69) is 5.32 Å². The molecule has 3 heterocycles. The Morgan fingerprint density at radius 3 is 2.21 bits per heavy atom. The van der Waals surface area contributed by atoms with Crippen LogP contribution in [0.4, 0.5) is 4.79 Å². The SMILES string of the molecule is COc1cc([C@@H]2c3cc4c(cc3C[C@H]3COC(=O)[C@@H]32)OCO4)cc(OC)c1OC(=O)[C@H](C)NC(=O)OC1CC(C)(C)N(O)C(C)(C)C1. The van der Waals surface area contributed by atoms with E-state index in [-0.39, 0.29) is 35.9 Å². The fourth-order valence-corrected chi connectivity index (χ4v) is 7.56. The Kier molecular flexibility index (Phi) is 8.41. The molecule has 0 aromatic heterocycles. The molecule has 1 aliphatic carbocycles. The van der Waals surface area contributed by atoms with E-state index in [0.29, 0.717) is 42.9 Å². The zero-order chi connectivity index (χ0) is 33.8. The molecule has 13 heteroatoms. The molecule has 3 aliphatic heterocycles. The Morgan fingerprint density at radius 2 is 1.60 bits per heavy atom. The third-order valence-electron chi connectivity index (χ3n) is 9.64. The van der Waals surface area contributed by atoms with Gasteiger partial charge in [0.05, 0.1) is 26.7 Å². The predicted molar refractivity (Wildman–Crippen MR) is 165 cm³/mol. The number of fused-ring (bicyclic) bond motifs is 3. The summed E-state index contributed by atoms with van der Waals surface area (Å²) in [6.07, 6.45) is 0.233. The third-order valence-corrected chi connectivity index (χ3v) is 9.64. The molecule has 0 bridgehead atoms. The van der Waals surface area contributed by atoms with Gasteiger partial charge in [0.1, 0.15) is 12.1 Å². The highest BCUT2D eigenvalue weighted by atomic mass is 16.7. The minimum Gasteiger partial charge on any atom is -0.493 e. The van der Waals surface area contributed by atoms with Crippen molar-refractivity contribution in [1.29, 1.82) is 0 Å². The van der Waals surface area contributed by atoms with Crippen LogP contribution < -0.4 is 29.0 Å². The van der Waals surface area contributed by atoms with Gasteiger partial charge in [-0.3, -0.25) is 4.79 Å². The van der Waals surface area contributed by atoms with Crippen LogP contribution in [0.2, 0.25) is 0 Å². The van der Waals surface area contributed by atoms with Gasteiger partial charge in [0, 0.05) is 35.8 Å². The number of hydrogen-bond acceptors (Lipinski definition) is 12. The molecular weight excluding hydrogens is 612 g/mol. The molecule has 47 heavy (non-hydrogen) atoms. The van der Waals surface area contributed by atoms with Gasteiger partial charge in [-0.15, -0.1) is 0 Å². The van der Waals surface area contributed by atoms with E-state index >= 15 is 0 Å². The number of nitrogens with one attached hydrogen (secondary N) is 1. The van der Waals surface area contributed by atoms with Crippen LogP contribution in [0.25, 0.3) is 0 Å². The van der Waals surface area contributed by atoms with Crippen LogP contribution in [0.15, 0.2) is 24.3 Å². The van der Waals surface area contributed by atoms with Gasteiger partial charge in [-0.05, 0) is 82.0 Å². The summed E-state index contributed by atoms with van der Waals surface area (Å²) < 4.78 is 39.5. The first-order valence-corrected chi connectivity index (χ1v) is 15.8. The Hall–Kier alpha value is -4.23. The maximum absolute atomic E-state index is 13.2. The van der Waals surface area contributed by atoms with Crippen LogP contribution in [-0.4, -0.2) is 79.1 Å². The molecule has 2 aromatic carbocycles. The van der Waals surface area contributed by atoms with Crippen molar-refractivity contribution < 1.29 is 52.7 Å². The first-order chi connectivity index (χ1) is 22.2. The van der Waals surface area contributed by atoms with Crippen LogP contribution in [0.5, 0.6) is 28.7 Å². The van der Waals surface area contributed by atoms with Crippen molar-refractivity contribution in [3.8, 4) is 28.7 Å². The van der Waals surface area contributed by atoms with Crippen molar-refractivity contribution in [2.45, 2.75) is 83.0 Å². The van der Waals surface area contributed by atoms with E-state index in [4.69, 9.17) is 33.2 Å². The van der Waals surface area contributed by atoms with E-state index < -0.39 is 47.1 Å². The number of rotatable bonds is 7. The number of carbonyl (C=O) groups is 3. The normalized spacial score (nSPS) is 24.8. The first kappa shape index (κ1) is 32.7. The molecule has 0 saturated carbocycles. The molecule has 254 valence electrons. The van der Waals surface area contributed by atoms with Crippen LogP contribution in [0.3, 0.4) is 0 Å². The molecule has 13 nitrogen and oxygen atoms in total. The van der Waals surface area contributed by atoms with E-state index in [1.54, 1.807) is 12.1 Å². The highest BCUT2D eigenvalue weighted by Gasteiger charge is 2.49. The molecule has 2 N–H and O–H groups in total. The van der Waals surface area contributed by atoms with Crippen molar-refractivity contribution in [2.24, 2.45) is 11.8 Å². The zero-order valence-electron chi connectivity index (χ0n) is 27.7. The number of methoxy groups -OCH3 is 2. The number of hydrogen-bond donors (Lipinski definition) is 2. The van der Waals surface area contributed by atoms with Crippen molar-refractivity contribution in [3.05, 3.63) is 41.0 Å².